The molecular formula is C33H42B2ClN3O8S. The van der Waals surface area contributed by atoms with Crippen molar-refractivity contribution in [3.63, 3.8) is 0 Å². The minimum absolute atomic E-state index is 0.0126. The molecule has 3 heterocycles. The molecule has 2 amide bonds. The van der Waals surface area contributed by atoms with Crippen LogP contribution in [0.15, 0.2) is 53.4 Å². The Bertz CT molecular complexity index is 1750. The molecule has 0 radical (unpaired) electrons. The van der Waals surface area contributed by atoms with Crippen LogP contribution in [0.2, 0.25) is 5.02 Å². The Labute approximate surface area is 289 Å². The number of hydrogen-bond donors (Lipinski definition) is 1. The van der Waals surface area contributed by atoms with Gasteiger partial charge in [0.25, 0.3) is 15.9 Å². The molecule has 48 heavy (non-hydrogen) atoms. The van der Waals surface area contributed by atoms with Crippen LogP contribution in [0.25, 0.3) is 0 Å². The Morgan fingerprint density at radius 3 is 2.58 bits per heavy atom. The summed E-state index contributed by atoms with van der Waals surface area (Å²) in [5.41, 5.74) is -0.420. The fourth-order valence-corrected chi connectivity index (χ4v) is 8.45. The number of benzene rings is 2. The molecule has 15 heteroatoms. The highest BCUT2D eigenvalue weighted by Crippen LogP contribution is 2.48. The van der Waals surface area contributed by atoms with Crippen LogP contribution in [-0.2, 0) is 29.7 Å². The Kier molecular flexibility index (Phi) is 9.00. The molecule has 2 bridgehead atoms. The lowest BCUT2D eigenvalue weighted by Gasteiger charge is -2.46. The first kappa shape index (κ1) is 34.5. The molecular weight excluding hydrogens is 656 g/mol. The average Bonchev–Trinajstić information content (AvgIpc) is 3.13. The van der Waals surface area contributed by atoms with E-state index < -0.39 is 44.5 Å². The van der Waals surface area contributed by atoms with Gasteiger partial charge in [-0.1, -0.05) is 23.7 Å². The van der Waals surface area contributed by atoms with Crippen LogP contribution in [0.5, 0.6) is 11.5 Å². The number of nitrogens with one attached hydrogen (secondary N) is 1. The summed E-state index contributed by atoms with van der Waals surface area (Å²) in [6.45, 7) is 4.93. The van der Waals surface area contributed by atoms with Gasteiger partial charge in [-0.25, -0.2) is 17.9 Å². The number of sulfonamides is 1. The second-order valence-electron chi connectivity index (χ2n) is 14.6. The summed E-state index contributed by atoms with van der Waals surface area (Å²) in [6.07, 6.45) is 5.02. The topological polar surface area (TPSA) is 124 Å². The fraction of sp³-hybridized carbons (Fsp3) is 0.515. The van der Waals surface area contributed by atoms with E-state index in [1.807, 2.05) is 24.3 Å². The maximum atomic E-state index is 13.7. The normalized spacial score (nSPS) is 29.3. The summed E-state index contributed by atoms with van der Waals surface area (Å²) in [5.74, 6) is 0.526. The first-order valence-electron chi connectivity index (χ1n) is 16.3. The van der Waals surface area contributed by atoms with E-state index in [0.29, 0.717) is 54.9 Å². The third-order valence-corrected chi connectivity index (χ3v) is 11.4. The summed E-state index contributed by atoms with van der Waals surface area (Å²) in [7, 11) is 2.56. The zero-order valence-corrected chi connectivity index (χ0v) is 29.8. The smallest absolute Gasteiger partial charge is 0.409 e. The number of hydrogen-bond acceptors (Lipinski definition) is 9. The Hall–Kier alpha value is -3.35. The van der Waals surface area contributed by atoms with Crippen LogP contribution < -0.4 is 19.1 Å². The van der Waals surface area contributed by atoms with Gasteiger partial charge >= 0.3 is 6.09 Å². The predicted octanol–water partition coefficient (Wildman–Crippen LogP) is 2.44. The van der Waals surface area contributed by atoms with Crippen molar-refractivity contribution < 1.29 is 37.0 Å². The number of anilines is 1. The number of carbonyl (C=O) groups excluding carboxylic acids is 2. The molecule has 2 aromatic carbocycles. The van der Waals surface area contributed by atoms with Crippen LogP contribution >= 0.6 is 11.6 Å². The molecule has 1 spiro atoms. The SMILES string of the molecule is BC1(B)/C=C/[C@H](OC(=O)N(C)C)[C@@H]2CC[C@H]2CN2C[C@@]3(CCOc4cc(Cl)ccc43)COc3ccc(cc32)S(=O)(=O)NC(=O)C(C)(C)O1. The summed E-state index contributed by atoms with van der Waals surface area (Å²) < 4.78 is 54.4. The third-order valence-electron chi connectivity index (χ3n) is 9.87. The Morgan fingerprint density at radius 2 is 1.88 bits per heavy atom. The van der Waals surface area contributed by atoms with Crippen LogP contribution in [0.1, 0.15) is 38.7 Å². The van der Waals surface area contributed by atoms with Gasteiger partial charge in [-0.15, -0.1) is 0 Å². The van der Waals surface area contributed by atoms with E-state index in [2.05, 4.69) is 9.62 Å². The predicted molar refractivity (Wildman–Crippen MR) is 187 cm³/mol. The minimum Gasteiger partial charge on any atom is -0.493 e. The maximum absolute atomic E-state index is 13.7. The molecule has 2 aromatic rings. The van der Waals surface area contributed by atoms with Gasteiger partial charge in [0.1, 0.15) is 38.9 Å². The molecule has 1 saturated carbocycles. The fourth-order valence-electron chi connectivity index (χ4n) is 7.16. The first-order chi connectivity index (χ1) is 22.5. The summed E-state index contributed by atoms with van der Waals surface area (Å²) in [6, 6.07) is 10.3. The molecule has 1 aliphatic carbocycles. The lowest BCUT2D eigenvalue weighted by atomic mass is 9.63. The van der Waals surface area contributed by atoms with Crippen LogP contribution in [0, 0.1) is 11.8 Å². The molecule has 4 aliphatic rings. The van der Waals surface area contributed by atoms with E-state index in [0.717, 1.165) is 18.4 Å². The average molecular weight is 698 g/mol. The van der Waals surface area contributed by atoms with Crippen molar-refractivity contribution in [3.05, 3.63) is 59.1 Å². The molecule has 1 N–H and O–H groups in total. The molecule has 1 fully saturated rings. The lowest BCUT2D eigenvalue weighted by Crippen LogP contribution is -2.52. The standard InChI is InChI=1S/C33H42B2ClN3O8S/c1-31(2)29(40)37-48(42,43)22-7-10-27-25(16-22)39(18-32(19-45-27)13-14-44-28-15-21(36)6-9-24(28)32)17-20-5-8-23(20)26(46-30(41)38(3)4)11-12-33(34,35)47-31/h6-7,9-12,15-16,20,23,26H,5,8,13-14,17-19,34-35H2,1-4H3,(H,37,40)/b12-11+/t20-,23+,26-,32-/m0/s1. The highest BCUT2D eigenvalue weighted by Gasteiger charge is 2.46. The van der Waals surface area contributed by atoms with Crippen molar-refractivity contribution in [1.82, 2.24) is 9.62 Å². The van der Waals surface area contributed by atoms with Crippen LogP contribution in [0.3, 0.4) is 0 Å². The highest BCUT2D eigenvalue weighted by molar-refractivity contribution is 7.90. The van der Waals surface area contributed by atoms with Gasteiger partial charge in [0.15, 0.2) is 0 Å². The summed E-state index contributed by atoms with van der Waals surface area (Å²) in [4.78, 5) is 29.8. The van der Waals surface area contributed by atoms with E-state index >= 15 is 0 Å². The highest BCUT2D eigenvalue weighted by atomic mass is 35.5. The van der Waals surface area contributed by atoms with Gasteiger partial charge < -0.3 is 28.7 Å². The van der Waals surface area contributed by atoms with E-state index in [1.54, 1.807) is 48.0 Å². The molecule has 0 unspecified atom stereocenters. The lowest BCUT2D eigenvalue weighted by molar-refractivity contribution is -0.143. The molecule has 256 valence electrons. The molecule has 6 rings (SSSR count). The maximum Gasteiger partial charge on any atom is 0.409 e. The van der Waals surface area contributed by atoms with Crippen molar-refractivity contribution in [1.29, 1.82) is 0 Å². The number of carbonyl (C=O) groups is 2. The Balaban J connectivity index is 1.46. The minimum atomic E-state index is -4.28. The number of fused-ring (bicyclic) bond motifs is 4. The number of nitrogens with zero attached hydrogens (tertiary/aromatic N) is 2. The zero-order valence-electron chi connectivity index (χ0n) is 28.2. The van der Waals surface area contributed by atoms with Gasteiger partial charge in [-0.2, -0.15) is 0 Å². The van der Waals surface area contributed by atoms with Gasteiger partial charge in [0.2, 0.25) is 0 Å². The van der Waals surface area contributed by atoms with Crippen molar-refractivity contribution >= 4 is 55.0 Å². The van der Waals surface area contributed by atoms with Crippen LogP contribution in [-0.4, -0.2) is 98.5 Å². The van der Waals surface area contributed by atoms with E-state index in [9.17, 15) is 18.0 Å². The van der Waals surface area contributed by atoms with Gasteiger partial charge in [-0.3, -0.25) is 4.79 Å². The number of rotatable bonds is 1. The van der Waals surface area contributed by atoms with Gasteiger partial charge in [0.05, 0.1) is 29.2 Å². The number of ether oxygens (including phenoxy) is 4. The second kappa shape index (κ2) is 12.5. The van der Waals surface area contributed by atoms with Crippen LogP contribution in [0.4, 0.5) is 10.5 Å². The third kappa shape index (κ3) is 6.76. The summed E-state index contributed by atoms with van der Waals surface area (Å²) in [5, 5.41) is -0.433. The largest absolute Gasteiger partial charge is 0.493 e. The first-order valence-corrected chi connectivity index (χ1v) is 18.1. The van der Waals surface area contributed by atoms with E-state index in [1.165, 1.54) is 24.8 Å². The molecule has 0 saturated heterocycles. The molecule has 4 atom stereocenters. The second-order valence-corrected chi connectivity index (χ2v) is 16.7. The van der Waals surface area contributed by atoms with Crippen molar-refractivity contribution in [3.8, 4) is 11.5 Å². The van der Waals surface area contributed by atoms with E-state index in [-0.39, 0.29) is 16.7 Å². The van der Waals surface area contributed by atoms with Crippen molar-refractivity contribution in [2.24, 2.45) is 11.8 Å². The summed E-state index contributed by atoms with van der Waals surface area (Å²) >= 11 is 6.35. The molecule has 11 nitrogen and oxygen atoms in total. The Morgan fingerprint density at radius 1 is 1.10 bits per heavy atom. The number of halogens is 1. The monoisotopic (exact) mass is 697 g/mol. The quantitative estimate of drug-likeness (QED) is 0.354. The molecule has 0 aromatic heterocycles. The zero-order chi connectivity index (χ0) is 34.6. The van der Waals surface area contributed by atoms with E-state index in [4.69, 9.17) is 30.5 Å². The number of amides is 2. The van der Waals surface area contributed by atoms with Gasteiger partial charge in [-0.05, 0) is 75.4 Å². The van der Waals surface area contributed by atoms with Gasteiger partial charge in [0, 0.05) is 49.1 Å². The van der Waals surface area contributed by atoms with Crippen molar-refractivity contribution in [2.75, 3.05) is 45.3 Å². The molecule has 3 aliphatic heterocycles. The van der Waals surface area contributed by atoms with Crippen molar-refractivity contribution in [2.45, 2.75) is 60.5 Å².